The summed E-state index contributed by atoms with van der Waals surface area (Å²) in [6, 6.07) is 0. The van der Waals surface area contributed by atoms with Gasteiger partial charge in [0.2, 0.25) is 0 Å². The highest BCUT2D eigenvalue weighted by Gasteiger charge is 2.20. The van der Waals surface area contributed by atoms with Gasteiger partial charge in [0.05, 0.1) is 0 Å². The number of unbranched alkanes of at least 4 members (excludes halogenated alkanes) is 55. The molecule has 0 fully saturated rings. The molecule has 6 nitrogen and oxygen atoms in total. The third-order valence-corrected chi connectivity index (χ3v) is 17.2. The van der Waals surface area contributed by atoms with Gasteiger partial charge >= 0.3 is 17.9 Å². The summed E-state index contributed by atoms with van der Waals surface area (Å²) in [5, 5.41) is 0. The van der Waals surface area contributed by atoms with Crippen molar-refractivity contribution in [1.82, 2.24) is 0 Å². The second-order valence-electron chi connectivity index (χ2n) is 25.6. The van der Waals surface area contributed by atoms with E-state index in [1.54, 1.807) is 0 Å². The number of carbonyl (C=O) groups is 3. The molecule has 0 amide bonds. The Morgan fingerprint density at radius 2 is 0.439 bits per heavy atom. The molecule has 0 aromatic heterocycles. The van der Waals surface area contributed by atoms with E-state index in [9.17, 15) is 14.4 Å². The number of ether oxygens (including phenoxy) is 3. The van der Waals surface area contributed by atoms with Crippen LogP contribution in [-0.4, -0.2) is 37.2 Å². The monoisotopic (exact) mass is 1150 g/mol. The van der Waals surface area contributed by atoms with Crippen molar-refractivity contribution >= 4 is 17.9 Å². The van der Waals surface area contributed by atoms with E-state index in [-0.39, 0.29) is 31.1 Å². The summed E-state index contributed by atoms with van der Waals surface area (Å²) < 4.78 is 17.0. The third-order valence-electron chi connectivity index (χ3n) is 17.2. The van der Waals surface area contributed by atoms with E-state index in [0.29, 0.717) is 19.3 Å². The second-order valence-corrected chi connectivity index (χ2v) is 25.6. The van der Waals surface area contributed by atoms with E-state index in [2.05, 4.69) is 45.1 Å². The Hall–Kier alpha value is -2.11. The van der Waals surface area contributed by atoms with E-state index in [1.807, 2.05) is 0 Å². The molecule has 484 valence electrons. The van der Waals surface area contributed by atoms with Crippen LogP contribution in [0.2, 0.25) is 0 Å². The Kier molecular flexibility index (Phi) is 69.5. The predicted octanol–water partition coefficient (Wildman–Crippen LogP) is 25.7. The number of esters is 3. The van der Waals surface area contributed by atoms with Gasteiger partial charge in [-0.15, -0.1) is 0 Å². The van der Waals surface area contributed by atoms with Crippen LogP contribution in [0.4, 0.5) is 0 Å². The van der Waals surface area contributed by atoms with Gasteiger partial charge in [0.15, 0.2) is 6.10 Å². The average Bonchev–Trinajstić information content (AvgIpc) is 3.47. The Balaban J connectivity index is 4.23. The van der Waals surface area contributed by atoms with Crippen molar-refractivity contribution in [3.8, 4) is 0 Å². The maximum atomic E-state index is 13.0. The van der Waals surface area contributed by atoms with Crippen molar-refractivity contribution in [2.24, 2.45) is 0 Å². The topological polar surface area (TPSA) is 78.9 Å². The van der Waals surface area contributed by atoms with E-state index >= 15 is 0 Å². The van der Waals surface area contributed by atoms with Crippen LogP contribution in [-0.2, 0) is 28.6 Å². The molecule has 0 heterocycles. The minimum absolute atomic E-state index is 0.0690. The van der Waals surface area contributed by atoms with Crippen LogP contribution < -0.4 is 0 Å². The van der Waals surface area contributed by atoms with E-state index in [0.717, 1.165) is 77.0 Å². The zero-order valence-electron chi connectivity index (χ0n) is 55.8. The zero-order valence-corrected chi connectivity index (χ0v) is 55.8. The quantitative estimate of drug-likeness (QED) is 0.0261. The summed E-state index contributed by atoms with van der Waals surface area (Å²) in [6.45, 7) is 6.70. The van der Waals surface area contributed by atoms with Crippen LogP contribution in [0.1, 0.15) is 425 Å². The molecule has 0 N–H and O–H groups in total. The second kappa shape index (κ2) is 71.4. The lowest BCUT2D eigenvalue weighted by Crippen LogP contribution is -2.30. The molecule has 0 spiro atoms. The number of allylic oxidation sites excluding steroid dienone is 4. The Labute approximate surface area is 513 Å². The molecule has 0 aliphatic carbocycles. The normalized spacial score (nSPS) is 12.1. The minimum Gasteiger partial charge on any atom is -0.462 e. The molecular formula is C76H144O6. The van der Waals surface area contributed by atoms with Gasteiger partial charge in [0.25, 0.3) is 0 Å². The Morgan fingerprint density at radius 3 is 0.695 bits per heavy atom. The standard InChI is InChI=1S/C76H144O6/c1-4-7-10-13-16-19-22-25-28-30-32-34-36-37-38-40-41-43-45-48-51-54-57-60-63-66-69-75(78)81-72-73(71-80-74(77)68-65-62-59-56-53-50-47-27-24-21-18-15-12-9-6-3)82-76(79)70-67-64-61-58-55-52-49-46-44-42-39-35-33-31-29-26-23-20-17-14-11-8-5-2/h18,21,27,47,73H,4-17,19-20,22-26,28-46,48-72H2,1-3H3/b21-18-,47-27-. The number of carbonyl (C=O) groups excluding carboxylic acids is 3. The van der Waals surface area contributed by atoms with Gasteiger partial charge in [-0.3, -0.25) is 14.4 Å². The summed E-state index contributed by atoms with van der Waals surface area (Å²) in [4.78, 5) is 38.5. The van der Waals surface area contributed by atoms with Gasteiger partial charge < -0.3 is 14.2 Å². The molecule has 0 bridgehead atoms. The molecule has 1 atom stereocenters. The minimum atomic E-state index is -0.775. The largest absolute Gasteiger partial charge is 0.462 e. The Morgan fingerprint density at radius 1 is 0.244 bits per heavy atom. The van der Waals surface area contributed by atoms with Crippen LogP contribution >= 0.6 is 0 Å². The van der Waals surface area contributed by atoms with Crippen molar-refractivity contribution in [2.75, 3.05) is 13.2 Å². The third kappa shape index (κ3) is 68.7. The smallest absolute Gasteiger partial charge is 0.306 e. The predicted molar refractivity (Wildman–Crippen MR) is 358 cm³/mol. The first-order valence-corrected chi connectivity index (χ1v) is 37.3. The zero-order chi connectivity index (χ0) is 59.2. The molecule has 82 heavy (non-hydrogen) atoms. The lowest BCUT2D eigenvalue weighted by molar-refractivity contribution is -0.167. The van der Waals surface area contributed by atoms with Gasteiger partial charge in [-0.2, -0.15) is 0 Å². The summed E-state index contributed by atoms with van der Waals surface area (Å²) in [6.07, 6.45) is 88.0. The molecule has 0 rings (SSSR count). The molecule has 0 aromatic rings. The molecule has 0 saturated carbocycles. The van der Waals surface area contributed by atoms with Gasteiger partial charge in [-0.25, -0.2) is 0 Å². The van der Waals surface area contributed by atoms with E-state index < -0.39 is 6.10 Å². The first kappa shape index (κ1) is 79.9. The summed E-state index contributed by atoms with van der Waals surface area (Å²) in [5.41, 5.74) is 0. The fraction of sp³-hybridized carbons (Fsp3) is 0.908. The summed E-state index contributed by atoms with van der Waals surface area (Å²) in [5.74, 6) is -0.847. The highest BCUT2D eigenvalue weighted by Crippen LogP contribution is 2.19. The SMILES string of the molecule is CCCCC/C=C\C/C=C\CCCCCCCC(=O)OCC(COC(=O)CCCCCCCCCCCCCCCCCCCCCCCCCCCC)OC(=O)CCCCCCCCCCCCCCCCCCCCCCCCC. The van der Waals surface area contributed by atoms with Gasteiger partial charge in [-0.1, -0.05) is 379 Å². The van der Waals surface area contributed by atoms with Gasteiger partial charge in [0.1, 0.15) is 13.2 Å². The van der Waals surface area contributed by atoms with Crippen molar-refractivity contribution in [1.29, 1.82) is 0 Å². The lowest BCUT2D eigenvalue weighted by atomic mass is 10.0. The lowest BCUT2D eigenvalue weighted by Gasteiger charge is -2.18. The first-order valence-electron chi connectivity index (χ1n) is 37.3. The van der Waals surface area contributed by atoms with Crippen molar-refractivity contribution in [2.45, 2.75) is 431 Å². The average molecular weight is 1150 g/mol. The molecular weight excluding hydrogens is 1010 g/mol. The summed E-state index contributed by atoms with van der Waals surface area (Å²) >= 11 is 0. The van der Waals surface area contributed by atoms with E-state index in [4.69, 9.17) is 14.2 Å². The number of hydrogen-bond donors (Lipinski definition) is 0. The molecule has 0 aromatic carbocycles. The molecule has 1 unspecified atom stereocenters. The molecule has 0 aliphatic heterocycles. The highest BCUT2D eigenvalue weighted by atomic mass is 16.6. The Bertz CT molecular complexity index is 1320. The summed E-state index contributed by atoms with van der Waals surface area (Å²) in [7, 11) is 0. The first-order chi connectivity index (χ1) is 40.5. The van der Waals surface area contributed by atoms with Crippen LogP contribution in [0, 0.1) is 0 Å². The molecule has 0 radical (unpaired) electrons. The van der Waals surface area contributed by atoms with Gasteiger partial charge in [0, 0.05) is 19.3 Å². The number of hydrogen-bond acceptors (Lipinski definition) is 6. The number of rotatable bonds is 70. The fourth-order valence-electron chi connectivity index (χ4n) is 11.6. The van der Waals surface area contributed by atoms with Crippen molar-refractivity contribution in [3.05, 3.63) is 24.3 Å². The molecule has 0 saturated heterocycles. The van der Waals surface area contributed by atoms with Crippen LogP contribution in [0.15, 0.2) is 24.3 Å². The fourth-order valence-corrected chi connectivity index (χ4v) is 11.6. The van der Waals surface area contributed by atoms with Gasteiger partial charge in [-0.05, 0) is 51.4 Å². The van der Waals surface area contributed by atoms with Crippen molar-refractivity contribution < 1.29 is 28.6 Å². The van der Waals surface area contributed by atoms with Crippen LogP contribution in [0.5, 0.6) is 0 Å². The van der Waals surface area contributed by atoms with E-state index in [1.165, 1.54) is 308 Å². The molecule has 6 heteroatoms. The maximum absolute atomic E-state index is 13.0. The highest BCUT2D eigenvalue weighted by molar-refractivity contribution is 5.71. The molecule has 0 aliphatic rings. The van der Waals surface area contributed by atoms with Crippen molar-refractivity contribution in [3.63, 3.8) is 0 Å². The van der Waals surface area contributed by atoms with Crippen LogP contribution in [0.25, 0.3) is 0 Å². The van der Waals surface area contributed by atoms with Crippen LogP contribution in [0.3, 0.4) is 0 Å². The maximum Gasteiger partial charge on any atom is 0.306 e.